The van der Waals surface area contributed by atoms with Gasteiger partial charge in [-0.15, -0.1) is 17.1 Å². The molecule has 0 aliphatic rings. The topological polar surface area (TPSA) is 55.1 Å². The molecule has 0 aliphatic heterocycles. The van der Waals surface area contributed by atoms with E-state index in [1.165, 1.54) is 0 Å². The molecule has 5 heteroatoms. The minimum atomic E-state index is -0.591. The second kappa shape index (κ2) is 4.87. The van der Waals surface area contributed by atoms with E-state index in [0.717, 1.165) is 5.69 Å². The van der Waals surface area contributed by atoms with Crippen LogP contribution >= 0.6 is 12.4 Å². The highest BCUT2D eigenvalue weighted by Gasteiger charge is 2.03. The molecule has 0 fully saturated rings. The van der Waals surface area contributed by atoms with Gasteiger partial charge in [-0.05, 0) is 18.9 Å². The van der Waals surface area contributed by atoms with Gasteiger partial charge in [0.2, 0.25) is 0 Å². The summed E-state index contributed by atoms with van der Waals surface area (Å²) in [5.41, 5.74) is 0.736. The quantitative estimate of drug-likeness (QED) is 0.733. The van der Waals surface area contributed by atoms with Crippen LogP contribution in [0.1, 0.15) is 25.2 Å². The average molecular weight is 205 g/mol. The molecule has 1 rings (SSSR count). The lowest BCUT2D eigenvalue weighted by molar-refractivity contribution is 0.160. The van der Waals surface area contributed by atoms with E-state index >= 15 is 0 Å². The summed E-state index contributed by atoms with van der Waals surface area (Å²) in [7, 11) is 0. The lowest BCUT2D eigenvalue weighted by Gasteiger charge is -2.03. The molecule has 0 amide bonds. The Hall–Kier alpha value is -1.03. The molecule has 0 bridgehead atoms. The molecular formula is C8H13ClN2O2. The fourth-order valence-electron chi connectivity index (χ4n) is 1.01. The summed E-state index contributed by atoms with van der Waals surface area (Å²) in [6.07, 6.45) is 1.34. The number of hydrogen-bond acceptors (Lipinski definition) is 3. The van der Waals surface area contributed by atoms with Gasteiger partial charge >= 0.3 is 5.69 Å². The van der Waals surface area contributed by atoms with E-state index in [2.05, 4.69) is 4.98 Å². The molecule has 74 valence electrons. The number of aryl methyl sites for hydroxylation is 2. The minimum absolute atomic E-state index is 0. The highest BCUT2D eigenvalue weighted by molar-refractivity contribution is 5.85. The predicted octanol–water partition coefficient (Wildman–Crippen LogP) is 1.03. The lowest BCUT2D eigenvalue weighted by Crippen LogP contribution is -2.25. The van der Waals surface area contributed by atoms with Crippen molar-refractivity contribution in [2.75, 3.05) is 0 Å². The van der Waals surface area contributed by atoms with Gasteiger partial charge in [-0.1, -0.05) is 13.8 Å². The Morgan fingerprint density at radius 1 is 1.46 bits per heavy atom. The Labute approximate surface area is 82.6 Å². The van der Waals surface area contributed by atoms with Crippen LogP contribution in [0, 0.1) is 0 Å². The molecule has 13 heavy (non-hydrogen) atoms. The molecule has 0 spiro atoms. The largest absolute Gasteiger partial charge is 0.424 e. The molecule has 0 radical (unpaired) electrons. The maximum atomic E-state index is 11.0. The Balaban J connectivity index is 0.00000144. The maximum absolute atomic E-state index is 11.0. The zero-order chi connectivity index (χ0) is 9.14. The first-order valence-electron chi connectivity index (χ1n) is 4.00. The Morgan fingerprint density at radius 2 is 2.08 bits per heavy atom. The van der Waals surface area contributed by atoms with Crippen molar-refractivity contribution in [1.29, 1.82) is 0 Å². The highest BCUT2D eigenvalue weighted by atomic mass is 35.5. The van der Waals surface area contributed by atoms with Gasteiger partial charge in [-0.3, -0.25) is 0 Å². The van der Waals surface area contributed by atoms with Crippen LogP contribution in [0.25, 0.3) is 0 Å². The summed E-state index contributed by atoms with van der Waals surface area (Å²) in [6.45, 7) is 3.80. The summed E-state index contributed by atoms with van der Waals surface area (Å²) in [6, 6.07) is 1.74. The molecule has 1 N–H and O–H groups in total. The van der Waals surface area contributed by atoms with Gasteiger partial charge in [0.15, 0.2) is 0 Å². The first kappa shape index (κ1) is 12.0. The smallest absolute Gasteiger partial charge is 0.380 e. The highest BCUT2D eigenvalue weighted by Crippen LogP contribution is 1.99. The van der Waals surface area contributed by atoms with Crippen LogP contribution < -0.4 is 5.69 Å². The van der Waals surface area contributed by atoms with Crippen LogP contribution in [0.15, 0.2) is 10.9 Å². The molecule has 1 aromatic heterocycles. The van der Waals surface area contributed by atoms with Crippen molar-refractivity contribution in [2.24, 2.45) is 0 Å². The Kier molecular flexibility index (Phi) is 4.48. The van der Waals surface area contributed by atoms with Crippen molar-refractivity contribution in [3.05, 3.63) is 27.9 Å². The maximum Gasteiger partial charge on any atom is 0.380 e. The van der Waals surface area contributed by atoms with E-state index in [9.17, 15) is 4.79 Å². The number of hydrogen-bond donors (Lipinski definition) is 1. The molecule has 0 aromatic carbocycles. The van der Waals surface area contributed by atoms with Crippen molar-refractivity contribution < 1.29 is 5.21 Å². The summed E-state index contributed by atoms with van der Waals surface area (Å²) in [5.74, 6) is 0. The molecule has 0 aliphatic carbocycles. The van der Waals surface area contributed by atoms with Gasteiger partial charge in [0.25, 0.3) is 0 Å². The van der Waals surface area contributed by atoms with Gasteiger partial charge in [-0.25, -0.2) is 4.79 Å². The van der Waals surface area contributed by atoms with E-state index in [1.54, 1.807) is 6.07 Å². The molecule has 0 unspecified atom stereocenters. The van der Waals surface area contributed by atoms with Crippen LogP contribution in [0.5, 0.6) is 0 Å². The number of rotatable bonds is 2. The second-order valence-electron chi connectivity index (χ2n) is 2.54. The fraction of sp³-hybridized carbons (Fsp3) is 0.500. The van der Waals surface area contributed by atoms with Crippen LogP contribution in [0.2, 0.25) is 0 Å². The van der Waals surface area contributed by atoms with Crippen molar-refractivity contribution in [1.82, 2.24) is 9.71 Å². The summed E-state index contributed by atoms with van der Waals surface area (Å²) in [4.78, 5) is 14.6. The summed E-state index contributed by atoms with van der Waals surface area (Å²) in [5, 5.41) is 9.16. The standard InChI is InChI=1S/C8H12N2O2.ClH/c1-3-6-5-7(4-2)10(12)8(11)9-6;/h5,12H,3-4H2,1-2H3;1H. The third kappa shape index (κ3) is 2.45. The monoisotopic (exact) mass is 204 g/mol. The van der Waals surface area contributed by atoms with Crippen LogP contribution in [-0.2, 0) is 12.8 Å². The van der Waals surface area contributed by atoms with Crippen molar-refractivity contribution in [3.8, 4) is 0 Å². The summed E-state index contributed by atoms with van der Waals surface area (Å²) < 4.78 is 0.596. The number of nitrogens with zero attached hydrogens (tertiary/aromatic N) is 2. The zero-order valence-corrected chi connectivity index (χ0v) is 8.47. The lowest BCUT2D eigenvalue weighted by atomic mass is 10.2. The Bertz CT molecular complexity index is 335. The van der Waals surface area contributed by atoms with E-state index in [4.69, 9.17) is 5.21 Å². The minimum Gasteiger partial charge on any atom is -0.424 e. The van der Waals surface area contributed by atoms with Gasteiger partial charge in [0.05, 0.1) is 5.69 Å². The van der Waals surface area contributed by atoms with E-state index in [0.29, 0.717) is 23.3 Å². The predicted molar refractivity (Wildman–Crippen MR) is 51.7 cm³/mol. The van der Waals surface area contributed by atoms with Gasteiger partial charge in [0.1, 0.15) is 0 Å². The van der Waals surface area contributed by atoms with Crippen LogP contribution in [0.3, 0.4) is 0 Å². The molecular weight excluding hydrogens is 192 g/mol. The number of aromatic nitrogens is 2. The van der Waals surface area contributed by atoms with Gasteiger partial charge in [0, 0.05) is 5.69 Å². The molecule has 1 heterocycles. The normalized spacial score (nSPS) is 9.38. The molecule has 4 nitrogen and oxygen atoms in total. The van der Waals surface area contributed by atoms with Crippen LogP contribution in [-0.4, -0.2) is 14.9 Å². The SMILES string of the molecule is CCc1cc(CC)n(O)c(=O)n1.Cl. The van der Waals surface area contributed by atoms with Gasteiger partial charge in [-0.2, -0.15) is 4.98 Å². The van der Waals surface area contributed by atoms with Crippen molar-refractivity contribution >= 4 is 12.4 Å². The first-order chi connectivity index (χ1) is 5.69. The van der Waals surface area contributed by atoms with E-state index in [1.807, 2.05) is 13.8 Å². The number of halogens is 1. The van der Waals surface area contributed by atoms with Crippen molar-refractivity contribution in [3.63, 3.8) is 0 Å². The third-order valence-electron chi connectivity index (χ3n) is 1.75. The van der Waals surface area contributed by atoms with E-state index < -0.39 is 5.69 Å². The second-order valence-corrected chi connectivity index (χ2v) is 2.54. The first-order valence-corrected chi connectivity index (χ1v) is 4.00. The zero-order valence-electron chi connectivity index (χ0n) is 7.65. The molecule has 0 atom stereocenters. The van der Waals surface area contributed by atoms with Gasteiger partial charge < -0.3 is 5.21 Å². The average Bonchev–Trinajstić information content (AvgIpc) is 2.09. The van der Waals surface area contributed by atoms with Crippen molar-refractivity contribution in [2.45, 2.75) is 26.7 Å². The summed E-state index contributed by atoms with van der Waals surface area (Å²) >= 11 is 0. The Morgan fingerprint density at radius 3 is 2.54 bits per heavy atom. The fourth-order valence-corrected chi connectivity index (χ4v) is 1.01. The molecule has 0 saturated carbocycles. The van der Waals surface area contributed by atoms with Crippen LogP contribution in [0.4, 0.5) is 0 Å². The van der Waals surface area contributed by atoms with E-state index in [-0.39, 0.29) is 12.4 Å². The molecule has 0 saturated heterocycles. The molecule has 1 aromatic rings. The third-order valence-corrected chi connectivity index (χ3v) is 1.75.